The summed E-state index contributed by atoms with van der Waals surface area (Å²) in [6.07, 6.45) is -4.25. The van der Waals surface area contributed by atoms with Gasteiger partial charge in [0.25, 0.3) is 0 Å². The summed E-state index contributed by atoms with van der Waals surface area (Å²) in [5.74, 6) is -1.11. The molecule has 0 saturated heterocycles. The number of benzene rings is 1. The van der Waals surface area contributed by atoms with Crippen molar-refractivity contribution in [1.29, 1.82) is 0 Å². The second kappa shape index (κ2) is 6.38. The molecule has 1 N–H and O–H groups in total. The molecular formula is C13H13F3O3. The van der Waals surface area contributed by atoms with Gasteiger partial charge in [-0.1, -0.05) is 18.7 Å². The number of ether oxygens (including phenoxy) is 1. The molecule has 0 aliphatic carbocycles. The lowest BCUT2D eigenvalue weighted by atomic mass is 10.1. The summed E-state index contributed by atoms with van der Waals surface area (Å²) < 4.78 is 42.4. The van der Waals surface area contributed by atoms with E-state index < -0.39 is 17.7 Å². The van der Waals surface area contributed by atoms with Gasteiger partial charge in [-0.2, -0.15) is 13.2 Å². The van der Waals surface area contributed by atoms with Crippen molar-refractivity contribution < 1.29 is 27.8 Å². The third kappa shape index (κ3) is 5.13. The molecule has 0 atom stereocenters. The van der Waals surface area contributed by atoms with Crippen LogP contribution >= 0.6 is 0 Å². The minimum atomic E-state index is -4.38. The predicted octanol–water partition coefficient (Wildman–Crippen LogP) is 3.25. The van der Waals surface area contributed by atoms with Gasteiger partial charge in [-0.25, -0.2) is 4.79 Å². The molecule has 1 aromatic carbocycles. The summed E-state index contributed by atoms with van der Waals surface area (Å²) in [4.78, 5) is 10.4. The molecule has 3 nitrogen and oxygen atoms in total. The van der Waals surface area contributed by atoms with Crippen molar-refractivity contribution in [3.05, 3.63) is 47.5 Å². The number of carbonyl (C=O) groups is 1. The van der Waals surface area contributed by atoms with Crippen LogP contribution in [-0.4, -0.2) is 17.7 Å². The number of carboxylic acids is 1. The maximum Gasteiger partial charge on any atom is 0.416 e. The fourth-order valence-electron chi connectivity index (χ4n) is 1.33. The Hall–Kier alpha value is -1.82. The van der Waals surface area contributed by atoms with E-state index in [4.69, 9.17) is 9.84 Å². The zero-order valence-electron chi connectivity index (χ0n) is 10.0. The van der Waals surface area contributed by atoms with E-state index in [1.807, 2.05) is 0 Å². The molecule has 0 unspecified atom stereocenters. The highest BCUT2D eigenvalue weighted by Crippen LogP contribution is 2.29. The average molecular weight is 274 g/mol. The van der Waals surface area contributed by atoms with Gasteiger partial charge in [0.1, 0.15) is 0 Å². The molecule has 6 heteroatoms. The van der Waals surface area contributed by atoms with Crippen molar-refractivity contribution in [2.75, 3.05) is 6.61 Å². The van der Waals surface area contributed by atoms with Gasteiger partial charge >= 0.3 is 12.1 Å². The van der Waals surface area contributed by atoms with Gasteiger partial charge in [0.2, 0.25) is 0 Å². The average Bonchev–Trinajstić information content (AvgIpc) is 2.33. The fourth-order valence-corrected chi connectivity index (χ4v) is 1.33. The second-order valence-electron chi connectivity index (χ2n) is 3.91. The van der Waals surface area contributed by atoms with Crippen molar-refractivity contribution in [3.63, 3.8) is 0 Å². The molecule has 0 aliphatic heterocycles. The number of halogens is 3. The lowest BCUT2D eigenvalue weighted by molar-refractivity contribution is -0.137. The van der Waals surface area contributed by atoms with Crippen LogP contribution in [0.1, 0.15) is 17.5 Å². The monoisotopic (exact) mass is 274 g/mol. The standard InChI is InChI=1S/C13H13F3O3/c1-9(12(17)18)5-6-19-8-10-3-2-4-11(7-10)13(14,15)16/h2-4,7H,1,5-6,8H2,(H,17,18). The number of hydrogen-bond acceptors (Lipinski definition) is 2. The SMILES string of the molecule is C=C(CCOCc1cccc(C(F)(F)F)c1)C(=O)O. The van der Waals surface area contributed by atoms with E-state index >= 15 is 0 Å². The van der Waals surface area contributed by atoms with Gasteiger partial charge in [0, 0.05) is 12.0 Å². The Morgan fingerprint density at radius 3 is 2.63 bits per heavy atom. The van der Waals surface area contributed by atoms with E-state index in [-0.39, 0.29) is 25.2 Å². The van der Waals surface area contributed by atoms with Crippen molar-refractivity contribution in [3.8, 4) is 0 Å². The van der Waals surface area contributed by atoms with Crippen molar-refractivity contribution >= 4 is 5.97 Å². The Bertz CT molecular complexity index is 466. The highest BCUT2D eigenvalue weighted by atomic mass is 19.4. The smallest absolute Gasteiger partial charge is 0.416 e. The first-order valence-corrected chi connectivity index (χ1v) is 5.45. The number of carboxylic acid groups (broad SMARTS) is 1. The highest BCUT2D eigenvalue weighted by molar-refractivity contribution is 5.85. The Morgan fingerprint density at radius 2 is 2.05 bits per heavy atom. The summed E-state index contributed by atoms with van der Waals surface area (Å²) in [5, 5.41) is 8.54. The quantitative estimate of drug-likeness (QED) is 0.639. The van der Waals surface area contributed by atoms with Crippen LogP contribution in [0.2, 0.25) is 0 Å². The van der Waals surface area contributed by atoms with Crippen LogP contribution in [0.15, 0.2) is 36.4 Å². The van der Waals surface area contributed by atoms with E-state index in [2.05, 4.69) is 6.58 Å². The van der Waals surface area contributed by atoms with Gasteiger partial charge in [0.05, 0.1) is 18.8 Å². The molecule has 0 spiro atoms. The lowest BCUT2D eigenvalue weighted by Gasteiger charge is -2.09. The molecule has 0 saturated carbocycles. The lowest BCUT2D eigenvalue weighted by Crippen LogP contribution is -2.06. The summed E-state index contributed by atoms with van der Waals surface area (Å²) in [5.41, 5.74) is -0.344. The Balaban J connectivity index is 2.46. The highest BCUT2D eigenvalue weighted by Gasteiger charge is 2.30. The molecule has 0 fully saturated rings. The van der Waals surface area contributed by atoms with E-state index in [9.17, 15) is 18.0 Å². The number of aliphatic carboxylic acids is 1. The second-order valence-corrected chi connectivity index (χ2v) is 3.91. The largest absolute Gasteiger partial charge is 0.478 e. The van der Waals surface area contributed by atoms with Gasteiger partial charge in [-0.05, 0) is 17.7 Å². The zero-order valence-corrected chi connectivity index (χ0v) is 10.0. The molecule has 0 aliphatic rings. The number of hydrogen-bond donors (Lipinski definition) is 1. The Labute approximate surface area is 108 Å². The molecule has 0 bridgehead atoms. The third-order valence-electron chi connectivity index (χ3n) is 2.37. The van der Waals surface area contributed by atoms with Gasteiger partial charge < -0.3 is 9.84 Å². The molecule has 0 heterocycles. The summed E-state index contributed by atoms with van der Waals surface area (Å²) in [6, 6.07) is 4.81. The summed E-state index contributed by atoms with van der Waals surface area (Å²) >= 11 is 0. The van der Waals surface area contributed by atoms with Crippen LogP contribution in [-0.2, 0) is 22.3 Å². The number of rotatable bonds is 6. The van der Waals surface area contributed by atoms with Gasteiger partial charge in [0.15, 0.2) is 0 Å². The van der Waals surface area contributed by atoms with Crippen molar-refractivity contribution in [2.24, 2.45) is 0 Å². The minimum absolute atomic E-state index is 0.00316. The normalized spacial score (nSPS) is 11.3. The van der Waals surface area contributed by atoms with Crippen LogP contribution in [0.3, 0.4) is 0 Å². The zero-order chi connectivity index (χ0) is 14.5. The molecule has 0 amide bonds. The van der Waals surface area contributed by atoms with Crippen molar-refractivity contribution in [1.82, 2.24) is 0 Å². The third-order valence-corrected chi connectivity index (χ3v) is 2.37. The first-order chi connectivity index (χ1) is 8.80. The van der Waals surface area contributed by atoms with E-state index in [0.29, 0.717) is 5.56 Å². The van der Waals surface area contributed by atoms with Crippen LogP contribution in [0, 0.1) is 0 Å². The molecule has 19 heavy (non-hydrogen) atoms. The van der Waals surface area contributed by atoms with Crippen LogP contribution < -0.4 is 0 Å². The van der Waals surface area contributed by atoms with E-state index in [0.717, 1.165) is 12.1 Å². The Kier molecular flexibility index (Phi) is 5.11. The summed E-state index contributed by atoms with van der Waals surface area (Å²) in [6.45, 7) is 3.41. The minimum Gasteiger partial charge on any atom is -0.478 e. The molecule has 0 aromatic heterocycles. The van der Waals surface area contributed by atoms with Crippen LogP contribution in [0.5, 0.6) is 0 Å². The number of alkyl halides is 3. The fraction of sp³-hybridized carbons (Fsp3) is 0.308. The molecule has 1 aromatic rings. The van der Waals surface area contributed by atoms with Crippen LogP contribution in [0.4, 0.5) is 13.2 Å². The van der Waals surface area contributed by atoms with Crippen LogP contribution in [0.25, 0.3) is 0 Å². The van der Waals surface area contributed by atoms with E-state index in [1.165, 1.54) is 12.1 Å². The molecule has 1 rings (SSSR count). The van der Waals surface area contributed by atoms with Gasteiger partial charge in [-0.3, -0.25) is 0 Å². The maximum atomic E-state index is 12.4. The molecular weight excluding hydrogens is 261 g/mol. The Morgan fingerprint density at radius 1 is 1.37 bits per heavy atom. The van der Waals surface area contributed by atoms with E-state index in [1.54, 1.807) is 0 Å². The maximum absolute atomic E-state index is 12.4. The van der Waals surface area contributed by atoms with Crippen molar-refractivity contribution in [2.45, 2.75) is 19.2 Å². The predicted molar refractivity (Wildman–Crippen MR) is 62.5 cm³/mol. The topological polar surface area (TPSA) is 46.5 Å². The first kappa shape index (κ1) is 15.2. The van der Waals surface area contributed by atoms with Gasteiger partial charge in [-0.15, -0.1) is 0 Å². The molecule has 0 radical (unpaired) electrons. The first-order valence-electron chi connectivity index (χ1n) is 5.45. The molecule has 104 valence electrons. The summed E-state index contributed by atoms with van der Waals surface area (Å²) in [7, 11) is 0.